The highest BCUT2D eigenvalue weighted by atomic mass is 127. The van der Waals surface area contributed by atoms with Crippen LogP contribution in [0.2, 0.25) is 0 Å². The Morgan fingerprint density at radius 1 is 1.17 bits per heavy atom. The van der Waals surface area contributed by atoms with E-state index >= 15 is 0 Å². The molecule has 0 spiro atoms. The second-order valence-corrected chi connectivity index (χ2v) is 4.88. The highest BCUT2D eigenvalue weighted by Gasteiger charge is 1.84. The number of alkyl halides is 1. The number of rotatable bonds is 7. The molecule has 18 heavy (non-hydrogen) atoms. The van der Waals surface area contributed by atoms with Gasteiger partial charge < -0.3 is 4.74 Å². The highest BCUT2D eigenvalue weighted by molar-refractivity contribution is 14.1. The van der Waals surface area contributed by atoms with Gasteiger partial charge in [0.15, 0.2) is 0 Å². The van der Waals surface area contributed by atoms with Crippen molar-refractivity contribution in [2.45, 2.75) is 19.3 Å². The molecule has 0 saturated heterocycles. The smallest absolute Gasteiger partial charge is 0.107 e. The van der Waals surface area contributed by atoms with Crippen LogP contribution in [0.15, 0.2) is 36.4 Å². The fraction of sp³-hybridized carbons (Fsp3) is 0.375. The first kappa shape index (κ1) is 15.3. The molecule has 0 aliphatic heterocycles. The standard InChI is InChI=1S/C16H19IO/c17-13-7-1-2-8-14-18-15-9-6-12-16-10-4-3-5-11-16/h3-6,10-12H,1,7,9,13-15H2. The minimum atomic E-state index is 0.556. The molecule has 0 amide bonds. The summed E-state index contributed by atoms with van der Waals surface area (Å²) in [6.45, 7) is 1.30. The molecule has 0 aliphatic carbocycles. The third-order valence-corrected chi connectivity index (χ3v) is 3.04. The Balaban J connectivity index is 2.01. The van der Waals surface area contributed by atoms with E-state index in [1.54, 1.807) is 0 Å². The van der Waals surface area contributed by atoms with Gasteiger partial charge in [-0.25, -0.2) is 0 Å². The number of hydrogen-bond donors (Lipinski definition) is 0. The van der Waals surface area contributed by atoms with Crippen LogP contribution in [0.4, 0.5) is 0 Å². The van der Waals surface area contributed by atoms with Gasteiger partial charge in [-0.1, -0.05) is 71.0 Å². The Morgan fingerprint density at radius 3 is 2.78 bits per heavy atom. The van der Waals surface area contributed by atoms with Gasteiger partial charge in [0.1, 0.15) is 6.61 Å². The molecule has 0 saturated carbocycles. The minimum Gasteiger partial charge on any atom is -0.368 e. The predicted molar refractivity (Wildman–Crippen MR) is 86.8 cm³/mol. The fourth-order valence-corrected chi connectivity index (χ4v) is 1.73. The van der Waals surface area contributed by atoms with Crippen LogP contribution < -0.4 is 0 Å². The van der Waals surface area contributed by atoms with Crippen molar-refractivity contribution in [3.05, 3.63) is 42.0 Å². The molecule has 0 fully saturated rings. The Kier molecular flexibility index (Phi) is 9.59. The van der Waals surface area contributed by atoms with Gasteiger partial charge in [0.25, 0.3) is 0 Å². The summed E-state index contributed by atoms with van der Waals surface area (Å²) < 4.78 is 6.60. The molecule has 1 rings (SSSR count). The van der Waals surface area contributed by atoms with E-state index in [-0.39, 0.29) is 0 Å². The second kappa shape index (κ2) is 11.3. The molecular weight excluding hydrogens is 335 g/mol. The van der Waals surface area contributed by atoms with Crippen molar-refractivity contribution in [1.82, 2.24) is 0 Å². The van der Waals surface area contributed by atoms with Gasteiger partial charge in [-0.15, -0.1) is 5.92 Å². The summed E-state index contributed by atoms with van der Waals surface area (Å²) in [5, 5.41) is 0. The highest BCUT2D eigenvalue weighted by Crippen LogP contribution is 2.01. The molecule has 1 nitrogen and oxygen atoms in total. The summed E-state index contributed by atoms with van der Waals surface area (Å²) >= 11 is 2.37. The number of benzene rings is 1. The van der Waals surface area contributed by atoms with Crippen LogP contribution in [-0.4, -0.2) is 17.6 Å². The molecule has 0 unspecified atom stereocenters. The fourth-order valence-electron chi connectivity index (χ4n) is 1.35. The van der Waals surface area contributed by atoms with Gasteiger partial charge in [-0.2, -0.15) is 0 Å². The molecule has 0 atom stereocenters. The summed E-state index contributed by atoms with van der Waals surface area (Å²) in [5.41, 5.74) is 1.23. The van der Waals surface area contributed by atoms with Crippen molar-refractivity contribution in [3.63, 3.8) is 0 Å². The summed E-state index contributed by atoms with van der Waals surface area (Å²) in [4.78, 5) is 0. The van der Waals surface area contributed by atoms with Crippen LogP contribution in [-0.2, 0) is 4.74 Å². The van der Waals surface area contributed by atoms with E-state index in [2.05, 4.69) is 58.7 Å². The number of halogens is 1. The molecule has 0 radical (unpaired) electrons. The molecule has 0 aromatic heterocycles. The average molecular weight is 354 g/mol. The Morgan fingerprint density at radius 2 is 2.00 bits per heavy atom. The van der Waals surface area contributed by atoms with Crippen molar-refractivity contribution in [1.29, 1.82) is 0 Å². The Bertz CT molecular complexity index is 387. The zero-order valence-corrected chi connectivity index (χ0v) is 12.7. The van der Waals surface area contributed by atoms with Crippen LogP contribution in [0.1, 0.15) is 24.8 Å². The minimum absolute atomic E-state index is 0.556. The zero-order valence-electron chi connectivity index (χ0n) is 10.6. The molecule has 0 N–H and O–H groups in total. The summed E-state index contributed by atoms with van der Waals surface area (Å²) in [5.74, 6) is 6.13. The average Bonchev–Trinajstić information content (AvgIpc) is 2.42. The van der Waals surface area contributed by atoms with E-state index < -0.39 is 0 Å². The molecule has 2 heteroatoms. The van der Waals surface area contributed by atoms with Gasteiger partial charge in [0.2, 0.25) is 0 Å². The lowest BCUT2D eigenvalue weighted by Gasteiger charge is -1.95. The maximum Gasteiger partial charge on any atom is 0.107 e. The molecule has 0 bridgehead atoms. The van der Waals surface area contributed by atoms with Gasteiger partial charge >= 0.3 is 0 Å². The van der Waals surface area contributed by atoms with Crippen LogP contribution in [0, 0.1) is 11.8 Å². The quantitative estimate of drug-likeness (QED) is 0.307. The van der Waals surface area contributed by atoms with E-state index in [0.29, 0.717) is 6.61 Å². The molecule has 0 aliphatic rings. The number of hydrogen-bond acceptors (Lipinski definition) is 1. The van der Waals surface area contributed by atoms with Crippen LogP contribution in [0.3, 0.4) is 0 Å². The topological polar surface area (TPSA) is 9.23 Å². The lowest BCUT2D eigenvalue weighted by molar-refractivity contribution is 0.172. The summed E-state index contributed by atoms with van der Waals surface area (Å²) in [6, 6.07) is 10.3. The van der Waals surface area contributed by atoms with Crippen molar-refractivity contribution in [2.24, 2.45) is 0 Å². The molecule has 1 aromatic rings. The molecular formula is C16H19IO. The summed E-state index contributed by atoms with van der Waals surface area (Å²) in [7, 11) is 0. The maximum absolute atomic E-state index is 5.43. The SMILES string of the molecule is ICCCC#CCOCCC=Cc1ccccc1. The lowest BCUT2D eigenvalue weighted by Crippen LogP contribution is -1.92. The van der Waals surface area contributed by atoms with Gasteiger partial charge in [-0.05, 0) is 18.4 Å². The van der Waals surface area contributed by atoms with Crippen LogP contribution >= 0.6 is 22.6 Å². The number of ether oxygens (including phenoxy) is 1. The van der Waals surface area contributed by atoms with Crippen molar-refractivity contribution in [3.8, 4) is 11.8 Å². The van der Waals surface area contributed by atoms with Gasteiger partial charge in [-0.3, -0.25) is 0 Å². The molecule has 1 aromatic carbocycles. The Hall–Kier alpha value is -0.790. The molecule has 96 valence electrons. The van der Waals surface area contributed by atoms with Gasteiger partial charge in [0, 0.05) is 10.8 Å². The maximum atomic E-state index is 5.43. The Labute approximate surface area is 124 Å². The van der Waals surface area contributed by atoms with E-state index in [1.807, 2.05) is 18.2 Å². The first-order chi connectivity index (χ1) is 8.93. The van der Waals surface area contributed by atoms with Crippen molar-refractivity contribution < 1.29 is 4.74 Å². The van der Waals surface area contributed by atoms with E-state index in [1.165, 1.54) is 16.4 Å². The zero-order chi connectivity index (χ0) is 12.9. The summed E-state index contributed by atoms with van der Waals surface area (Å²) in [6.07, 6.45) is 7.35. The van der Waals surface area contributed by atoms with E-state index in [0.717, 1.165) is 19.4 Å². The third kappa shape index (κ3) is 8.32. The predicted octanol–water partition coefficient (Wildman–Crippen LogP) is 4.33. The van der Waals surface area contributed by atoms with Crippen LogP contribution in [0.25, 0.3) is 6.08 Å². The van der Waals surface area contributed by atoms with Crippen LogP contribution in [0.5, 0.6) is 0 Å². The van der Waals surface area contributed by atoms with Gasteiger partial charge in [0.05, 0.1) is 6.61 Å². The largest absolute Gasteiger partial charge is 0.368 e. The first-order valence-corrected chi connectivity index (χ1v) is 7.77. The van der Waals surface area contributed by atoms with E-state index in [4.69, 9.17) is 4.74 Å². The monoisotopic (exact) mass is 354 g/mol. The normalized spacial score (nSPS) is 10.3. The molecule has 0 heterocycles. The third-order valence-electron chi connectivity index (χ3n) is 2.27. The van der Waals surface area contributed by atoms with Crippen molar-refractivity contribution in [2.75, 3.05) is 17.6 Å². The first-order valence-electron chi connectivity index (χ1n) is 6.24. The number of unbranched alkanes of at least 4 members (excludes halogenated alkanes) is 1. The second-order valence-electron chi connectivity index (χ2n) is 3.80. The van der Waals surface area contributed by atoms with E-state index in [9.17, 15) is 0 Å². The lowest BCUT2D eigenvalue weighted by atomic mass is 10.2. The van der Waals surface area contributed by atoms with Crippen molar-refractivity contribution >= 4 is 28.7 Å².